The molecule has 0 bridgehead atoms. The van der Waals surface area contributed by atoms with Crippen LogP contribution in [0.2, 0.25) is 0 Å². The van der Waals surface area contributed by atoms with E-state index in [9.17, 15) is 9.90 Å². The lowest BCUT2D eigenvalue weighted by atomic mass is 9.79. The smallest absolute Gasteiger partial charge is 0.320 e. The van der Waals surface area contributed by atoms with Gasteiger partial charge in [0, 0.05) is 32.2 Å². The Morgan fingerprint density at radius 2 is 1.67 bits per heavy atom. The predicted molar refractivity (Wildman–Crippen MR) is 85.4 cm³/mol. The second-order valence-corrected chi connectivity index (χ2v) is 7.15. The van der Waals surface area contributed by atoms with Crippen LogP contribution in [0.4, 0.5) is 0 Å². The summed E-state index contributed by atoms with van der Waals surface area (Å²) in [5, 5.41) is 9.27. The van der Waals surface area contributed by atoms with Gasteiger partial charge in [-0.25, -0.2) is 0 Å². The molecule has 4 heteroatoms. The van der Waals surface area contributed by atoms with Crippen LogP contribution < -0.4 is 0 Å². The summed E-state index contributed by atoms with van der Waals surface area (Å²) in [6.07, 6.45) is 6.11. The van der Waals surface area contributed by atoms with Crippen molar-refractivity contribution < 1.29 is 9.90 Å². The second kappa shape index (κ2) is 7.59. The standard InChI is InChI=1S/C17H32N2O2/c1-4-16(17(20)21)19-11-9-18(10-12-19)15-7-5-14(6-8-15)13(2)3/h13-16H,4-12H2,1-3H3,(H,20,21). The van der Waals surface area contributed by atoms with Gasteiger partial charge >= 0.3 is 5.97 Å². The fourth-order valence-electron chi connectivity index (χ4n) is 4.14. The zero-order chi connectivity index (χ0) is 15.4. The number of carboxylic acids is 1. The Bertz CT molecular complexity index is 330. The monoisotopic (exact) mass is 296 g/mol. The van der Waals surface area contributed by atoms with Crippen molar-refractivity contribution in [3.05, 3.63) is 0 Å². The Kier molecular flexibility index (Phi) is 6.06. The van der Waals surface area contributed by atoms with E-state index in [1.165, 1.54) is 25.7 Å². The van der Waals surface area contributed by atoms with Crippen LogP contribution in [0.3, 0.4) is 0 Å². The number of hydrogen-bond acceptors (Lipinski definition) is 3. The maximum absolute atomic E-state index is 11.3. The highest BCUT2D eigenvalue weighted by Gasteiger charge is 2.32. The van der Waals surface area contributed by atoms with Gasteiger partial charge in [-0.15, -0.1) is 0 Å². The molecule has 1 N–H and O–H groups in total. The van der Waals surface area contributed by atoms with E-state index < -0.39 is 5.97 Å². The highest BCUT2D eigenvalue weighted by Crippen LogP contribution is 2.32. The van der Waals surface area contributed by atoms with Crippen LogP contribution >= 0.6 is 0 Å². The summed E-state index contributed by atoms with van der Waals surface area (Å²) in [6.45, 7) is 10.6. The molecular formula is C17H32N2O2. The maximum Gasteiger partial charge on any atom is 0.320 e. The number of carbonyl (C=O) groups is 1. The van der Waals surface area contributed by atoms with E-state index >= 15 is 0 Å². The quantitative estimate of drug-likeness (QED) is 0.847. The molecule has 1 saturated carbocycles. The molecule has 1 aliphatic heterocycles. The van der Waals surface area contributed by atoms with E-state index in [2.05, 4.69) is 23.6 Å². The van der Waals surface area contributed by atoms with Gasteiger partial charge in [0.15, 0.2) is 0 Å². The zero-order valence-corrected chi connectivity index (χ0v) is 13.9. The maximum atomic E-state index is 11.3. The van der Waals surface area contributed by atoms with Crippen molar-refractivity contribution in [3.63, 3.8) is 0 Å². The Morgan fingerprint density at radius 1 is 1.10 bits per heavy atom. The molecule has 0 aromatic rings. The highest BCUT2D eigenvalue weighted by atomic mass is 16.4. The van der Waals surface area contributed by atoms with E-state index in [-0.39, 0.29) is 6.04 Å². The molecule has 2 fully saturated rings. The first kappa shape index (κ1) is 16.8. The van der Waals surface area contributed by atoms with Crippen molar-refractivity contribution in [2.45, 2.75) is 65.0 Å². The highest BCUT2D eigenvalue weighted by molar-refractivity contribution is 5.73. The lowest BCUT2D eigenvalue weighted by molar-refractivity contribution is -0.144. The van der Waals surface area contributed by atoms with E-state index in [0.29, 0.717) is 6.42 Å². The summed E-state index contributed by atoms with van der Waals surface area (Å²) >= 11 is 0. The van der Waals surface area contributed by atoms with Crippen molar-refractivity contribution in [1.29, 1.82) is 0 Å². The van der Waals surface area contributed by atoms with Crippen molar-refractivity contribution in [1.82, 2.24) is 9.80 Å². The van der Waals surface area contributed by atoms with Gasteiger partial charge in [-0.05, 0) is 43.9 Å². The topological polar surface area (TPSA) is 43.8 Å². The Labute approximate surface area is 129 Å². The first-order valence-electron chi connectivity index (χ1n) is 8.73. The number of carboxylic acid groups (broad SMARTS) is 1. The average molecular weight is 296 g/mol. The van der Waals surface area contributed by atoms with Crippen LogP contribution in [0.15, 0.2) is 0 Å². The van der Waals surface area contributed by atoms with Crippen LogP contribution in [0.25, 0.3) is 0 Å². The second-order valence-electron chi connectivity index (χ2n) is 7.15. The number of rotatable bonds is 5. The molecule has 0 radical (unpaired) electrons. The third-order valence-corrected chi connectivity index (χ3v) is 5.66. The van der Waals surface area contributed by atoms with E-state index in [1.54, 1.807) is 0 Å². The molecule has 1 atom stereocenters. The van der Waals surface area contributed by atoms with Crippen LogP contribution in [0.1, 0.15) is 52.9 Å². The van der Waals surface area contributed by atoms with Gasteiger partial charge in [-0.1, -0.05) is 20.8 Å². The number of aliphatic carboxylic acids is 1. The van der Waals surface area contributed by atoms with E-state index in [4.69, 9.17) is 0 Å². The lowest BCUT2D eigenvalue weighted by Gasteiger charge is -2.43. The first-order chi connectivity index (χ1) is 10.0. The minimum absolute atomic E-state index is 0.288. The van der Waals surface area contributed by atoms with E-state index in [1.807, 2.05) is 6.92 Å². The molecule has 2 aliphatic rings. The van der Waals surface area contributed by atoms with Gasteiger partial charge < -0.3 is 5.11 Å². The summed E-state index contributed by atoms with van der Waals surface area (Å²) < 4.78 is 0. The molecule has 1 saturated heterocycles. The molecule has 0 aromatic heterocycles. The fourth-order valence-corrected chi connectivity index (χ4v) is 4.14. The molecule has 21 heavy (non-hydrogen) atoms. The average Bonchev–Trinajstić information content (AvgIpc) is 2.48. The summed E-state index contributed by atoms with van der Waals surface area (Å²) in [5.74, 6) is 1.08. The number of hydrogen-bond donors (Lipinski definition) is 1. The minimum atomic E-state index is -0.664. The van der Waals surface area contributed by atoms with Crippen molar-refractivity contribution >= 4 is 5.97 Å². The Hall–Kier alpha value is -0.610. The molecule has 1 unspecified atom stereocenters. The largest absolute Gasteiger partial charge is 0.480 e. The molecule has 1 heterocycles. The molecule has 4 nitrogen and oxygen atoms in total. The van der Waals surface area contributed by atoms with E-state index in [0.717, 1.165) is 44.1 Å². The van der Waals surface area contributed by atoms with Crippen molar-refractivity contribution in [2.24, 2.45) is 11.8 Å². The van der Waals surface area contributed by atoms with Crippen molar-refractivity contribution in [2.75, 3.05) is 26.2 Å². The molecule has 2 rings (SSSR count). The SMILES string of the molecule is CCC(C(=O)O)N1CCN(C2CCC(C(C)C)CC2)CC1. The molecule has 122 valence electrons. The van der Waals surface area contributed by atoms with Gasteiger partial charge in [0.25, 0.3) is 0 Å². The Balaban J connectivity index is 1.78. The minimum Gasteiger partial charge on any atom is -0.480 e. The van der Waals surface area contributed by atoms with Gasteiger partial charge in [0.2, 0.25) is 0 Å². The number of nitrogens with zero attached hydrogens (tertiary/aromatic N) is 2. The lowest BCUT2D eigenvalue weighted by Crippen LogP contribution is -2.55. The summed E-state index contributed by atoms with van der Waals surface area (Å²) in [7, 11) is 0. The molecule has 0 amide bonds. The molecular weight excluding hydrogens is 264 g/mol. The summed E-state index contributed by atoms with van der Waals surface area (Å²) in [4.78, 5) is 16.0. The normalized spacial score (nSPS) is 30.5. The van der Waals surface area contributed by atoms with Gasteiger partial charge in [-0.3, -0.25) is 14.6 Å². The fraction of sp³-hybridized carbons (Fsp3) is 0.941. The summed E-state index contributed by atoms with van der Waals surface area (Å²) in [5.41, 5.74) is 0. The molecule has 0 spiro atoms. The Morgan fingerprint density at radius 3 is 2.10 bits per heavy atom. The third kappa shape index (κ3) is 4.19. The van der Waals surface area contributed by atoms with Crippen LogP contribution in [-0.2, 0) is 4.79 Å². The first-order valence-corrected chi connectivity index (χ1v) is 8.73. The van der Waals surface area contributed by atoms with Crippen LogP contribution in [0, 0.1) is 11.8 Å². The van der Waals surface area contributed by atoms with Crippen LogP contribution in [0.5, 0.6) is 0 Å². The van der Waals surface area contributed by atoms with Gasteiger partial charge in [0.1, 0.15) is 6.04 Å². The van der Waals surface area contributed by atoms with Gasteiger partial charge in [-0.2, -0.15) is 0 Å². The molecule has 1 aliphatic carbocycles. The van der Waals surface area contributed by atoms with Crippen LogP contribution in [-0.4, -0.2) is 59.1 Å². The van der Waals surface area contributed by atoms with Crippen molar-refractivity contribution in [3.8, 4) is 0 Å². The van der Waals surface area contributed by atoms with Gasteiger partial charge in [0.05, 0.1) is 0 Å². The summed E-state index contributed by atoms with van der Waals surface area (Å²) in [6, 6.07) is 0.455. The predicted octanol–water partition coefficient (Wildman–Crippen LogP) is 2.68. The molecule has 0 aromatic carbocycles. The number of piperazine rings is 1. The third-order valence-electron chi connectivity index (χ3n) is 5.66. The zero-order valence-electron chi connectivity index (χ0n) is 13.9.